The van der Waals surface area contributed by atoms with Crippen molar-refractivity contribution in [2.45, 2.75) is 6.54 Å². The van der Waals surface area contributed by atoms with E-state index in [0.717, 1.165) is 0 Å². The lowest BCUT2D eigenvalue weighted by Gasteiger charge is -2.06. The number of nitrogens with two attached hydrogens (primary N) is 1. The number of aromatic nitrogens is 2. The Bertz CT molecular complexity index is 515. The molecule has 7 heteroatoms. The van der Waals surface area contributed by atoms with Gasteiger partial charge in [-0.05, 0) is 12.1 Å². The van der Waals surface area contributed by atoms with Crippen molar-refractivity contribution in [1.82, 2.24) is 10.2 Å². The zero-order valence-electron chi connectivity index (χ0n) is 9.11. The van der Waals surface area contributed by atoms with E-state index in [2.05, 4.69) is 15.5 Å². The number of methoxy groups -OCH3 is 1. The molecule has 0 aliphatic heterocycles. The molecule has 6 nitrogen and oxygen atoms in total. The van der Waals surface area contributed by atoms with Crippen LogP contribution in [0.15, 0.2) is 22.6 Å². The maximum Gasteiger partial charge on any atom is 0.320 e. The summed E-state index contributed by atoms with van der Waals surface area (Å²) < 4.78 is 10.3. The fourth-order valence-electron chi connectivity index (χ4n) is 1.23. The Morgan fingerprint density at radius 3 is 2.94 bits per heavy atom. The van der Waals surface area contributed by atoms with Crippen LogP contribution in [0, 0.1) is 0 Å². The smallest absolute Gasteiger partial charge is 0.320 e. The molecule has 2 aromatic rings. The third-order valence-corrected chi connectivity index (χ3v) is 2.39. The first-order valence-corrected chi connectivity index (χ1v) is 5.23. The van der Waals surface area contributed by atoms with Gasteiger partial charge in [-0.2, -0.15) is 0 Å². The zero-order chi connectivity index (χ0) is 12.3. The number of halogens is 1. The number of benzene rings is 1. The number of nitrogens with zero attached hydrogens (tertiary/aromatic N) is 2. The monoisotopic (exact) mass is 254 g/mol. The molecule has 90 valence electrons. The van der Waals surface area contributed by atoms with Crippen LogP contribution in [0.3, 0.4) is 0 Å². The molecule has 0 bridgehead atoms. The van der Waals surface area contributed by atoms with Crippen LogP contribution in [0.1, 0.15) is 5.89 Å². The number of hydrogen-bond acceptors (Lipinski definition) is 6. The third kappa shape index (κ3) is 2.66. The van der Waals surface area contributed by atoms with Crippen molar-refractivity contribution in [3.8, 4) is 5.75 Å². The van der Waals surface area contributed by atoms with Crippen molar-refractivity contribution in [1.29, 1.82) is 0 Å². The van der Waals surface area contributed by atoms with E-state index in [1.807, 2.05) is 0 Å². The van der Waals surface area contributed by atoms with Gasteiger partial charge in [0.1, 0.15) is 5.75 Å². The maximum absolute atomic E-state index is 6.01. The van der Waals surface area contributed by atoms with E-state index in [-0.39, 0.29) is 12.6 Å². The van der Waals surface area contributed by atoms with Crippen LogP contribution in [-0.4, -0.2) is 17.3 Å². The second-order valence-corrected chi connectivity index (χ2v) is 3.58. The highest BCUT2D eigenvalue weighted by atomic mass is 35.5. The Labute approximate surface area is 103 Å². The van der Waals surface area contributed by atoms with Gasteiger partial charge in [-0.15, -0.1) is 5.10 Å². The summed E-state index contributed by atoms with van der Waals surface area (Å²) in [6.45, 7) is 0.195. The third-order valence-electron chi connectivity index (χ3n) is 2.06. The van der Waals surface area contributed by atoms with E-state index in [0.29, 0.717) is 22.4 Å². The zero-order valence-corrected chi connectivity index (χ0v) is 9.86. The average molecular weight is 255 g/mol. The number of ether oxygens (including phenoxy) is 1. The summed E-state index contributed by atoms with van der Waals surface area (Å²) in [6, 6.07) is 5.44. The van der Waals surface area contributed by atoms with Gasteiger partial charge in [0.2, 0.25) is 5.89 Å². The van der Waals surface area contributed by atoms with Gasteiger partial charge in [0.15, 0.2) is 0 Å². The number of rotatable bonds is 4. The Morgan fingerprint density at radius 2 is 2.29 bits per heavy atom. The second kappa shape index (κ2) is 5.03. The van der Waals surface area contributed by atoms with E-state index in [4.69, 9.17) is 26.5 Å². The van der Waals surface area contributed by atoms with Gasteiger partial charge in [-0.3, -0.25) is 0 Å². The van der Waals surface area contributed by atoms with E-state index in [1.54, 1.807) is 25.3 Å². The first-order valence-electron chi connectivity index (χ1n) is 4.86. The predicted molar refractivity (Wildman–Crippen MR) is 63.5 cm³/mol. The molecule has 1 aromatic carbocycles. The summed E-state index contributed by atoms with van der Waals surface area (Å²) in [5.41, 5.74) is 5.99. The minimum absolute atomic E-state index is 0.195. The Morgan fingerprint density at radius 1 is 1.47 bits per heavy atom. The van der Waals surface area contributed by atoms with Gasteiger partial charge in [0, 0.05) is 6.07 Å². The molecule has 0 unspecified atom stereocenters. The second-order valence-electron chi connectivity index (χ2n) is 3.18. The molecular weight excluding hydrogens is 244 g/mol. The van der Waals surface area contributed by atoms with Gasteiger partial charge in [-0.1, -0.05) is 16.7 Å². The summed E-state index contributed by atoms with van der Waals surface area (Å²) in [6.07, 6.45) is 0. The SMILES string of the molecule is COc1ccc(Cl)c(Nc2nnc(CN)o2)c1. The molecule has 0 spiro atoms. The largest absolute Gasteiger partial charge is 0.497 e. The summed E-state index contributed by atoms with van der Waals surface area (Å²) in [5, 5.41) is 10.9. The van der Waals surface area contributed by atoms with Crippen LogP contribution in [0.5, 0.6) is 5.75 Å². The molecule has 2 rings (SSSR count). The van der Waals surface area contributed by atoms with Crippen LogP contribution in [0.4, 0.5) is 11.7 Å². The van der Waals surface area contributed by atoms with Gasteiger partial charge in [-0.25, -0.2) is 0 Å². The maximum atomic E-state index is 6.01. The summed E-state index contributed by atoms with van der Waals surface area (Å²) >= 11 is 6.01. The van der Waals surface area contributed by atoms with Crippen LogP contribution in [-0.2, 0) is 6.54 Å². The topological polar surface area (TPSA) is 86.2 Å². The molecule has 0 amide bonds. The molecule has 0 fully saturated rings. The van der Waals surface area contributed by atoms with Gasteiger partial charge in [0.25, 0.3) is 0 Å². The van der Waals surface area contributed by atoms with Crippen LogP contribution < -0.4 is 15.8 Å². The molecule has 0 saturated heterocycles. The van der Waals surface area contributed by atoms with Crippen molar-refractivity contribution in [2.24, 2.45) is 5.73 Å². The van der Waals surface area contributed by atoms with Gasteiger partial charge in [0.05, 0.1) is 24.4 Å². The Hall–Kier alpha value is -1.79. The molecule has 3 N–H and O–H groups in total. The van der Waals surface area contributed by atoms with Crippen molar-refractivity contribution in [3.05, 3.63) is 29.1 Å². The Balaban J connectivity index is 2.22. The number of nitrogens with one attached hydrogen (secondary N) is 1. The van der Waals surface area contributed by atoms with Crippen molar-refractivity contribution in [2.75, 3.05) is 12.4 Å². The lowest BCUT2D eigenvalue weighted by atomic mass is 10.3. The molecule has 0 aliphatic rings. The highest BCUT2D eigenvalue weighted by Crippen LogP contribution is 2.28. The van der Waals surface area contributed by atoms with E-state index < -0.39 is 0 Å². The van der Waals surface area contributed by atoms with Crippen LogP contribution in [0.2, 0.25) is 5.02 Å². The van der Waals surface area contributed by atoms with Crippen molar-refractivity contribution < 1.29 is 9.15 Å². The summed E-state index contributed by atoms with van der Waals surface area (Å²) in [5.74, 6) is 1.03. The highest BCUT2D eigenvalue weighted by molar-refractivity contribution is 6.33. The number of anilines is 2. The fraction of sp³-hybridized carbons (Fsp3) is 0.200. The molecule has 1 aromatic heterocycles. The minimum Gasteiger partial charge on any atom is -0.497 e. The van der Waals surface area contributed by atoms with Crippen LogP contribution in [0.25, 0.3) is 0 Å². The summed E-state index contributed by atoms with van der Waals surface area (Å²) in [4.78, 5) is 0. The first-order chi connectivity index (χ1) is 8.22. The van der Waals surface area contributed by atoms with Crippen molar-refractivity contribution in [3.63, 3.8) is 0 Å². The predicted octanol–water partition coefficient (Wildman–Crippen LogP) is 1.93. The average Bonchev–Trinajstić information content (AvgIpc) is 2.80. The molecule has 0 saturated carbocycles. The van der Waals surface area contributed by atoms with Gasteiger partial charge >= 0.3 is 6.01 Å². The first kappa shape index (κ1) is 11.7. The molecule has 17 heavy (non-hydrogen) atoms. The standard InChI is InChI=1S/C10H11ClN4O2/c1-16-6-2-3-7(11)8(4-6)13-10-15-14-9(5-12)17-10/h2-4H,5,12H2,1H3,(H,13,15). The van der Waals surface area contributed by atoms with Crippen LogP contribution >= 0.6 is 11.6 Å². The van der Waals surface area contributed by atoms with E-state index >= 15 is 0 Å². The Kier molecular flexibility index (Phi) is 3.46. The lowest BCUT2D eigenvalue weighted by Crippen LogP contribution is -1.95. The normalized spacial score (nSPS) is 10.3. The van der Waals surface area contributed by atoms with E-state index in [1.165, 1.54) is 0 Å². The molecule has 0 atom stereocenters. The molecule has 0 radical (unpaired) electrons. The minimum atomic E-state index is 0.195. The summed E-state index contributed by atoms with van der Waals surface area (Å²) in [7, 11) is 1.58. The number of hydrogen-bond donors (Lipinski definition) is 2. The van der Waals surface area contributed by atoms with Crippen molar-refractivity contribution >= 4 is 23.3 Å². The van der Waals surface area contributed by atoms with E-state index in [9.17, 15) is 0 Å². The van der Waals surface area contributed by atoms with Gasteiger partial charge < -0.3 is 20.2 Å². The molecule has 0 aliphatic carbocycles. The molecule has 1 heterocycles. The lowest BCUT2D eigenvalue weighted by molar-refractivity contribution is 0.415. The highest BCUT2D eigenvalue weighted by Gasteiger charge is 2.08. The molecular formula is C10H11ClN4O2. The quantitative estimate of drug-likeness (QED) is 0.867. The fourth-order valence-corrected chi connectivity index (χ4v) is 1.39.